The Morgan fingerprint density at radius 3 is 2.34 bits per heavy atom. The van der Waals surface area contributed by atoms with Crippen LogP contribution in [0.1, 0.15) is 25.2 Å². The third kappa shape index (κ3) is 4.99. The molecule has 12 heteroatoms. The van der Waals surface area contributed by atoms with Crippen molar-refractivity contribution in [3.8, 4) is 26.7 Å². The normalized spacial score (nSPS) is 12.8. The van der Waals surface area contributed by atoms with Gasteiger partial charge in [0.05, 0.1) is 20.5 Å². The number of aliphatic hydroxyl groups is 1. The van der Waals surface area contributed by atoms with Crippen LogP contribution in [0.25, 0.3) is 26.7 Å². The van der Waals surface area contributed by atoms with Gasteiger partial charge in [-0.05, 0) is 55.8 Å². The van der Waals surface area contributed by atoms with Crippen LogP contribution in [0, 0.1) is 0 Å². The van der Waals surface area contributed by atoms with Crippen LogP contribution in [0.15, 0.2) is 59.6 Å². The first-order valence-electron chi connectivity index (χ1n) is 10.1. The largest absolute Gasteiger partial charge is 0.435 e. The topological polar surface area (TPSA) is 85.1 Å². The van der Waals surface area contributed by atoms with Crippen molar-refractivity contribution < 1.29 is 26.7 Å². The third-order valence-corrected chi connectivity index (χ3v) is 7.69. The van der Waals surface area contributed by atoms with Gasteiger partial charge >= 0.3 is 6.18 Å². The van der Waals surface area contributed by atoms with E-state index in [0.29, 0.717) is 15.3 Å². The molecule has 184 valence electrons. The van der Waals surface area contributed by atoms with Crippen LogP contribution in [0.4, 0.5) is 13.2 Å². The molecule has 0 bridgehead atoms. The summed E-state index contributed by atoms with van der Waals surface area (Å²) in [7, 11) is -3.43. The van der Waals surface area contributed by atoms with E-state index in [-0.39, 0.29) is 27.0 Å². The summed E-state index contributed by atoms with van der Waals surface area (Å²) in [6, 6.07) is 12.3. The van der Waals surface area contributed by atoms with Crippen molar-refractivity contribution in [2.24, 2.45) is 0 Å². The molecule has 0 spiro atoms. The molecule has 0 unspecified atom stereocenters. The maximum absolute atomic E-state index is 13.7. The Labute approximate surface area is 208 Å². The first-order chi connectivity index (χ1) is 16.2. The number of hydrogen-bond acceptors (Lipinski definition) is 6. The molecule has 3 aromatic heterocycles. The van der Waals surface area contributed by atoms with Crippen LogP contribution in [-0.2, 0) is 21.6 Å². The van der Waals surface area contributed by atoms with E-state index in [1.54, 1.807) is 24.3 Å². The summed E-state index contributed by atoms with van der Waals surface area (Å²) in [5, 5.41) is 14.8. The van der Waals surface area contributed by atoms with E-state index in [9.17, 15) is 26.7 Å². The van der Waals surface area contributed by atoms with Crippen LogP contribution in [0.2, 0.25) is 5.02 Å². The molecule has 0 aliphatic carbocycles. The predicted molar refractivity (Wildman–Crippen MR) is 128 cm³/mol. The van der Waals surface area contributed by atoms with Gasteiger partial charge in [-0.15, -0.1) is 11.3 Å². The number of hydrogen-bond donors (Lipinski definition) is 1. The van der Waals surface area contributed by atoms with Gasteiger partial charge in [0, 0.05) is 17.3 Å². The van der Waals surface area contributed by atoms with Gasteiger partial charge in [0.2, 0.25) is 0 Å². The fourth-order valence-corrected chi connectivity index (χ4v) is 5.68. The van der Waals surface area contributed by atoms with E-state index in [4.69, 9.17) is 11.6 Å². The molecule has 4 aromatic rings. The Kier molecular flexibility index (Phi) is 6.33. The van der Waals surface area contributed by atoms with E-state index in [0.717, 1.165) is 17.1 Å². The molecule has 35 heavy (non-hydrogen) atoms. The molecule has 0 atom stereocenters. The van der Waals surface area contributed by atoms with E-state index < -0.39 is 27.3 Å². The minimum atomic E-state index is -4.76. The number of alkyl halides is 3. The molecule has 0 saturated carbocycles. The van der Waals surface area contributed by atoms with Crippen LogP contribution in [0.3, 0.4) is 0 Å². The lowest BCUT2D eigenvalue weighted by molar-refractivity contribution is -0.141. The molecule has 0 radical (unpaired) electrons. The van der Waals surface area contributed by atoms with Crippen molar-refractivity contribution in [3.63, 3.8) is 0 Å². The minimum absolute atomic E-state index is 0.000156. The van der Waals surface area contributed by atoms with Gasteiger partial charge < -0.3 is 5.11 Å². The average Bonchev–Trinajstić information content (AvgIpc) is 3.37. The van der Waals surface area contributed by atoms with Crippen molar-refractivity contribution in [1.82, 2.24) is 14.8 Å². The Balaban J connectivity index is 1.94. The number of sulfone groups is 1. The quantitative estimate of drug-likeness (QED) is 0.337. The summed E-state index contributed by atoms with van der Waals surface area (Å²) >= 11 is 7.78. The van der Waals surface area contributed by atoms with Gasteiger partial charge in [-0.3, -0.25) is 0 Å². The standard InChI is InChI=1S/C23H19ClF3N3O3S2/c1-22(2,31)21-18(24)19(30(29-21)15-8-5-11-28-20(15)23(25,26)27)17-10-9-16(34-17)13-6-4-7-14(12-13)35(3,32)33/h4-12,31H,1-3H3. The molecule has 0 aliphatic rings. The van der Waals surface area contributed by atoms with Crippen molar-refractivity contribution in [3.05, 3.63) is 71.1 Å². The molecule has 4 rings (SSSR count). The summed E-state index contributed by atoms with van der Waals surface area (Å²) < 4.78 is 66.1. The smallest absolute Gasteiger partial charge is 0.384 e. The van der Waals surface area contributed by atoms with Crippen molar-refractivity contribution in [2.45, 2.75) is 30.5 Å². The highest BCUT2D eigenvalue weighted by molar-refractivity contribution is 7.90. The molecule has 3 heterocycles. The summed E-state index contributed by atoms with van der Waals surface area (Å²) in [4.78, 5) is 4.78. The van der Waals surface area contributed by atoms with Crippen LogP contribution < -0.4 is 0 Å². The molecule has 0 saturated heterocycles. The number of nitrogens with zero attached hydrogens (tertiary/aromatic N) is 3. The first-order valence-corrected chi connectivity index (χ1v) is 13.2. The third-order valence-electron chi connectivity index (χ3n) is 5.08. The van der Waals surface area contributed by atoms with Crippen LogP contribution in [-0.4, -0.2) is 34.5 Å². The SMILES string of the molecule is CC(C)(O)c1nn(-c2cccnc2C(F)(F)F)c(-c2ccc(-c3cccc(S(C)(=O)=O)c3)s2)c1Cl. The minimum Gasteiger partial charge on any atom is -0.384 e. The molecular weight excluding hydrogens is 523 g/mol. The van der Waals surface area contributed by atoms with Crippen molar-refractivity contribution in [1.29, 1.82) is 0 Å². The fraction of sp³-hybridized carbons (Fsp3) is 0.217. The lowest BCUT2D eigenvalue weighted by atomic mass is 10.1. The summed E-state index contributed by atoms with van der Waals surface area (Å²) in [6.07, 6.45) is -2.62. The van der Waals surface area contributed by atoms with E-state index in [2.05, 4.69) is 10.1 Å². The molecule has 0 aliphatic heterocycles. The van der Waals surface area contributed by atoms with E-state index in [1.807, 2.05) is 0 Å². The highest BCUT2D eigenvalue weighted by Crippen LogP contribution is 2.43. The number of aromatic nitrogens is 3. The molecular formula is C23H19ClF3N3O3S2. The lowest BCUT2D eigenvalue weighted by Crippen LogP contribution is -2.18. The highest BCUT2D eigenvalue weighted by atomic mass is 35.5. The highest BCUT2D eigenvalue weighted by Gasteiger charge is 2.38. The average molecular weight is 542 g/mol. The number of pyridine rings is 1. The Morgan fingerprint density at radius 2 is 1.71 bits per heavy atom. The molecule has 6 nitrogen and oxygen atoms in total. The molecule has 1 N–H and O–H groups in total. The maximum Gasteiger partial charge on any atom is 0.435 e. The number of thiophene rings is 1. The second-order valence-electron chi connectivity index (χ2n) is 8.31. The van der Waals surface area contributed by atoms with Crippen molar-refractivity contribution >= 4 is 32.8 Å². The summed E-state index contributed by atoms with van der Waals surface area (Å²) in [6.45, 7) is 2.86. The van der Waals surface area contributed by atoms with Crippen LogP contribution >= 0.6 is 22.9 Å². The molecule has 1 aromatic carbocycles. The zero-order valence-corrected chi connectivity index (χ0v) is 21.0. The van der Waals surface area contributed by atoms with Gasteiger partial charge in [0.25, 0.3) is 0 Å². The number of benzene rings is 1. The second kappa shape index (κ2) is 8.74. The first kappa shape index (κ1) is 25.4. The molecule has 0 fully saturated rings. The zero-order valence-electron chi connectivity index (χ0n) is 18.6. The van der Waals surface area contributed by atoms with Gasteiger partial charge in [0.1, 0.15) is 17.0 Å². The Bertz CT molecular complexity index is 1520. The van der Waals surface area contributed by atoms with Gasteiger partial charge in [0.15, 0.2) is 15.5 Å². The van der Waals surface area contributed by atoms with Gasteiger partial charge in [-0.1, -0.05) is 23.7 Å². The van der Waals surface area contributed by atoms with Crippen molar-refractivity contribution in [2.75, 3.05) is 6.26 Å². The summed E-state index contributed by atoms with van der Waals surface area (Å²) in [5.74, 6) is 0. The van der Waals surface area contributed by atoms with E-state index in [1.165, 1.54) is 49.4 Å². The number of rotatable bonds is 5. The van der Waals surface area contributed by atoms with Crippen LogP contribution in [0.5, 0.6) is 0 Å². The fourth-order valence-electron chi connectivity index (χ4n) is 3.46. The maximum atomic E-state index is 13.7. The predicted octanol–water partition coefficient (Wildman–Crippen LogP) is 5.97. The van der Waals surface area contributed by atoms with Gasteiger partial charge in [-0.2, -0.15) is 18.3 Å². The zero-order chi connectivity index (χ0) is 25.8. The number of halogens is 4. The van der Waals surface area contributed by atoms with E-state index >= 15 is 0 Å². The Hall–Kier alpha value is -2.73. The monoisotopic (exact) mass is 541 g/mol. The molecule has 0 amide bonds. The lowest BCUT2D eigenvalue weighted by Gasteiger charge is -2.14. The second-order valence-corrected chi connectivity index (χ2v) is 11.8. The Morgan fingerprint density at radius 1 is 1.03 bits per heavy atom. The van der Waals surface area contributed by atoms with Gasteiger partial charge in [-0.25, -0.2) is 18.1 Å². The summed E-state index contributed by atoms with van der Waals surface area (Å²) in [5.41, 5.74) is -2.27.